The van der Waals surface area contributed by atoms with E-state index >= 15 is 0 Å². The van der Waals surface area contributed by atoms with E-state index in [2.05, 4.69) is 36.1 Å². The fourth-order valence-electron chi connectivity index (χ4n) is 2.24. The summed E-state index contributed by atoms with van der Waals surface area (Å²) in [5.41, 5.74) is 1.03. The second kappa shape index (κ2) is 8.86. The Morgan fingerprint density at radius 3 is 2.53 bits per heavy atom. The quantitative estimate of drug-likeness (QED) is 0.744. The van der Waals surface area contributed by atoms with Gasteiger partial charge in [-0.15, -0.1) is 0 Å². The van der Waals surface area contributed by atoms with Crippen molar-refractivity contribution in [3.8, 4) is 5.88 Å². The normalized spacial score (nSPS) is 12.7. The zero-order chi connectivity index (χ0) is 14.1. The maximum Gasteiger partial charge on any atom is 0.216 e. The molecule has 1 aromatic heterocycles. The highest BCUT2D eigenvalue weighted by Gasteiger charge is 2.17. The molecule has 0 spiro atoms. The summed E-state index contributed by atoms with van der Waals surface area (Å²) in [5.74, 6) is 1.37. The first-order chi connectivity index (χ1) is 9.24. The smallest absolute Gasteiger partial charge is 0.216 e. The fourth-order valence-corrected chi connectivity index (χ4v) is 2.24. The van der Waals surface area contributed by atoms with E-state index in [4.69, 9.17) is 4.74 Å². The van der Waals surface area contributed by atoms with Gasteiger partial charge in [0.15, 0.2) is 0 Å². The summed E-state index contributed by atoms with van der Waals surface area (Å²) >= 11 is 0. The van der Waals surface area contributed by atoms with Crippen LogP contribution in [0.2, 0.25) is 0 Å². The number of methoxy groups -OCH3 is 1. The van der Waals surface area contributed by atoms with E-state index in [1.54, 1.807) is 13.4 Å². The van der Waals surface area contributed by atoms with Crippen LogP contribution in [0.4, 0.5) is 0 Å². The van der Waals surface area contributed by atoms with Crippen LogP contribution < -0.4 is 10.1 Å². The molecule has 108 valence electrons. The number of aromatic nitrogens is 2. The molecule has 0 fully saturated rings. The van der Waals surface area contributed by atoms with Crippen molar-refractivity contribution < 1.29 is 4.74 Å². The van der Waals surface area contributed by atoms with Crippen molar-refractivity contribution in [1.82, 2.24) is 15.3 Å². The van der Waals surface area contributed by atoms with Crippen LogP contribution in [0.15, 0.2) is 12.4 Å². The molecule has 0 saturated carbocycles. The third kappa shape index (κ3) is 5.15. The number of hydrogen-bond acceptors (Lipinski definition) is 4. The number of hydrogen-bond donors (Lipinski definition) is 1. The third-order valence-corrected chi connectivity index (χ3v) is 3.59. The van der Waals surface area contributed by atoms with Crippen LogP contribution in [0.25, 0.3) is 0 Å². The summed E-state index contributed by atoms with van der Waals surface area (Å²) in [6.07, 6.45) is 6.25. The molecule has 1 rings (SSSR count). The van der Waals surface area contributed by atoms with E-state index in [-0.39, 0.29) is 0 Å². The van der Waals surface area contributed by atoms with Crippen molar-refractivity contribution in [3.63, 3.8) is 0 Å². The Kier molecular flexibility index (Phi) is 7.41. The van der Waals surface area contributed by atoms with Gasteiger partial charge in [0.1, 0.15) is 6.33 Å². The first-order valence-electron chi connectivity index (χ1n) is 7.34. The Labute approximate surface area is 117 Å². The van der Waals surface area contributed by atoms with Gasteiger partial charge < -0.3 is 10.1 Å². The van der Waals surface area contributed by atoms with Gasteiger partial charge in [-0.1, -0.05) is 33.6 Å². The lowest BCUT2D eigenvalue weighted by atomic mass is 9.93. The van der Waals surface area contributed by atoms with Gasteiger partial charge in [0.25, 0.3) is 0 Å². The third-order valence-electron chi connectivity index (χ3n) is 3.59. The number of nitrogens with zero attached hydrogens (tertiary/aromatic N) is 2. The lowest BCUT2D eigenvalue weighted by Gasteiger charge is -2.22. The molecular formula is C15H27N3O. The van der Waals surface area contributed by atoms with Gasteiger partial charge in [-0.25, -0.2) is 9.97 Å². The van der Waals surface area contributed by atoms with E-state index in [1.165, 1.54) is 12.8 Å². The molecule has 1 heterocycles. The molecule has 0 aliphatic heterocycles. The SMILES string of the molecule is CCCNC(CC(CC)CC)c1cc(OC)ncn1. The largest absolute Gasteiger partial charge is 0.481 e. The van der Waals surface area contributed by atoms with E-state index in [9.17, 15) is 0 Å². The molecule has 0 aliphatic rings. The van der Waals surface area contributed by atoms with Gasteiger partial charge in [0, 0.05) is 6.07 Å². The number of ether oxygens (including phenoxy) is 1. The first kappa shape index (κ1) is 15.9. The van der Waals surface area contributed by atoms with Crippen LogP contribution in [-0.2, 0) is 0 Å². The average Bonchev–Trinajstić information content (AvgIpc) is 2.47. The highest BCUT2D eigenvalue weighted by atomic mass is 16.5. The lowest BCUT2D eigenvalue weighted by molar-refractivity contribution is 0.361. The van der Waals surface area contributed by atoms with Gasteiger partial charge in [0.2, 0.25) is 5.88 Å². The van der Waals surface area contributed by atoms with Crippen LogP contribution in [0.1, 0.15) is 58.2 Å². The topological polar surface area (TPSA) is 47.0 Å². The minimum Gasteiger partial charge on any atom is -0.481 e. The van der Waals surface area contributed by atoms with Gasteiger partial charge in [-0.2, -0.15) is 0 Å². The minimum atomic E-state index is 0.293. The maximum absolute atomic E-state index is 5.19. The molecule has 1 atom stereocenters. The van der Waals surface area contributed by atoms with Crippen LogP contribution in [0, 0.1) is 5.92 Å². The standard InChI is InChI=1S/C15H27N3O/c1-5-8-16-13(9-12(6-2)7-3)14-10-15(19-4)18-11-17-14/h10-13,16H,5-9H2,1-4H3. The van der Waals surface area contributed by atoms with Crippen LogP contribution >= 0.6 is 0 Å². The molecule has 1 N–H and O–H groups in total. The first-order valence-corrected chi connectivity index (χ1v) is 7.34. The molecule has 4 heteroatoms. The summed E-state index contributed by atoms with van der Waals surface area (Å²) < 4.78 is 5.19. The highest BCUT2D eigenvalue weighted by Crippen LogP contribution is 2.25. The molecule has 0 aromatic carbocycles. The van der Waals surface area contributed by atoms with Gasteiger partial charge >= 0.3 is 0 Å². The summed E-state index contributed by atoms with van der Waals surface area (Å²) in [5, 5.41) is 3.59. The maximum atomic E-state index is 5.19. The van der Waals surface area contributed by atoms with Crippen molar-refractivity contribution in [2.45, 2.75) is 52.5 Å². The predicted molar refractivity (Wildman–Crippen MR) is 78.3 cm³/mol. The number of rotatable bonds is 9. The summed E-state index contributed by atoms with van der Waals surface area (Å²) in [7, 11) is 1.64. The Hall–Kier alpha value is -1.16. The fraction of sp³-hybridized carbons (Fsp3) is 0.733. The number of nitrogens with one attached hydrogen (secondary N) is 1. The van der Waals surface area contributed by atoms with Gasteiger partial charge in [-0.05, 0) is 25.3 Å². The Morgan fingerprint density at radius 2 is 1.95 bits per heavy atom. The summed E-state index contributed by atoms with van der Waals surface area (Å²) in [6, 6.07) is 2.23. The van der Waals surface area contributed by atoms with E-state index < -0.39 is 0 Å². The average molecular weight is 265 g/mol. The molecular weight excluding hydrogens is 238 g/mol. The Morgan fingerprint density at radius 1 is 1.21 bits per heavy atom. The van der Waals surface area contributed by atoms with Crippen LogP contribution in [-0.4, -0.2) is 23.6 Å². The Bertz CT molecular complexity index is 353. The van der Waals surface area contributed by atoms with Crippen molar-refractivity contribution in [2.24, 2.45) is 5.92 Å². The zero-order valence-electron chi connectivity index (χ0n) is 12.6. The van der Waals surface area contributed by atoms with Gasteiger partial charge in [-0.3, -0.25) is 0 Å². The molecule has 0 amide bonds. The summed E-state index contributed by atoms with van der Waals surface area (Å²) in [4.78, 5) is 8.49. The molecule has 4 nitrogen and oxygen atoms in total. The predicted octanol–water partition coefficient (Wildman–Crippen LogP) is 3.35. The van der Waals surface area contributed by atoms with Gasteiger partial charge in [0.05, 0.1) is 18.8 Å². The minimum absolute atomic E-state index is 0.293. The van der Waals surface area contributed by atoms with Crippen molar-refractivity contribution in [1.29, 1.82) is 0 Å². The highest BCUT2D eigenvalue weighted by molar-refractivity contribution is 5.16. The van der Waals surface area contributed by atoms with E-state index in [1.807, 2.05) is 6.07 Å². The lowest BCUT2D eigenvalue weighted by Crippen LogP contribution is -2.25. The molecule has 1 aromatic rings. The van der Waals surface area contributed by atoms with Crippen LogP contribution in [0.5, 0.6) is 5.88 Å². The molecule has 19 heavy (non-hydrogen) atoms. The van der Waals surface area contributed by atoms with E-state index in [0.29, 0.717) is 11.9 Å². The molecule has 1 unspecified atom stereocenters. The second-order valence-electron chi connectivity index (χ2n) is 4.91. The van der Waals surface area contributed by atoms with Crippen molar-refractivity contribution >= 4 is 0 Å². The zero-order valence-corrected chi connectivity index (χ0v) is 12.6. The summed E-state index contributed by atoms with van der Waals surface area (Å²) in [6.45, 7) is 7.70. The van der Waals surface area contributed by atoms with Crippen molar-refractivity contribution in [3.05, 3.63) is 18.1 Å². The second-order valence-corrected chi connectivity index (χ2v) is 4.91. The van der Waals surface area contributed by atoms with Crippen LogP contribution in [0.3, 0.4) is 0 Å². The monoisotopic (exact) mass is 265 g/mol. The molecule has 0 radical (unpaired) electrons. The molecule has 0 saturated heterocycles. The van der Waals surface area contributed by atoms with Crippen molar-refractivity contribution in [2.75, 3.05) is 13.7 Å². The molecule has 0 aliphatic carbocycles. The van der Waals surface area contributed by atoms with E-state index in [0.717, 1.165) is 31.0 Å². The molecule has 0 bridgehead atoms. The Balaban J connectivity index is 2.81.